The highest BCUT2D eigenvalue weighted by atomic mass is 79.9. The highest BCUT2D eigenvalue weighted by Gasteiger charge is 2.29. The van der Waals surface area contributed by atoms with Crippen molar-refractivity contribution < 1.29 is 13.2 Å². The average Bonchev–Trinajstić information content (AvgIpc) is 3.05. The number of amides is 2. The summed E-state index contributed by atoms with van der Waals surface area (Å²) in [4.78, 5) is 21.8. The number of halogens is 1. The van der Waals surface area contributed by atoms with Gasteiger partial charge in [0, 0.05) is 22.8 Å². The molecule has 3 N–H and O–H groups in total. The van der Waals surface area contributed by atoms with E-state index in [1.165, 1.54) is 16.2 Å². The normalized spacial score (nSPS) is 12.2. The number of aromatic nitrogens is 2. The van der Waals surface area contributed by atoms with Gasteiger partial charge in [0.25, 0.3) is 0 Å². The average molecular weight is 512 g/mol. The van der Waals surface area contributed by atoms with Crippen molar-refractivity contribution >= 4 is 64.5 Å². The molecule has 0 bridgehead atoms. The standard InChI is InChI=1S/C19H22BrN5O3S2/c1-5-25(17(21)26)18-23-14-9-12(8-13(20)16(14)29-18)11-6-7-15(22-10-11)24-30(27,28)19(2,3)4/h6-10H,5H2,1-4H3,(H2,21,26)(H,22,24). The number of carbonyl (C=O) groups is 1. The topological polar surface area (TPSA) is 118 Å². The van der Waals surface area contributed by atoms with E-state index in [1.807, 2.05) is 19.1 Å². The van der Waals surface area contributed by atoms with Gasteiger partial charge in [0.05, 0.1) is 15.0 Å². The van der Waals surface area contributed by atoms with Crippen LogP contribution in [-0.2, 0) is 10.0 Å². The van der Waals surface area contributed by atoms with Crippen molar-refractivity contribution in [2.24, 2.45) is 5.73 Å². The van der Waals surface area contributed by atoms with E-state index in [9.17, 15) is 13.2 Å². The molecule has 0 saturated heterocycles. The number of hydrogen-bond donors (Lipinski definition) is 2. The first-order chi connectivity index (χ1) is 13.9. The summed E-state index contributed by atoms with van der Waals surface area (Å²) in [5.74, 6) is 0.254. The monoisotopic (exact) mass is 511 g/mol. The Bertz CT molecular complexity index is 1200. The summed E-state index contributed by atoms with van der Waals surface area (Å²) in [6, 6.07) is 6.68. The summed E-state index contributed by atoms with van der Waals surface area (Å²) in [6.07, 6.45) is 1.60. The van der Waals surface area contributed by atoms with Gasteiger partial charge in [-0.15, -0.1) is 0 Å². The van der Waals surface area contributed by atoms with Crippen molar-refractivity contribution in [3.05, 3.63) is 34.9 Å². The molecule has 30 heavy (non-hydrogen) atoms. The molecule has 0 unspecified atom stereocenters. The molecule has 11 heteroatoms. The number of primary amides is 1. The summed E-state index contributed by atoms with van der Waals surface area (Å²) in [5, 5.41) is 0.530. The number of urea groups is 1. The van der Waals surface area contributed by atoms with Gasteiger partial charge in [0.15, 0.2) is 5.13 Å². The van der Waals surface area contributed by atoms with E-state index in [-0.39, 0.29) is 5.82 Å². The highest BCUT2D eigenvalue weighted by molar-refractivity contribution is 9.10. The highest BCUT2D eigenvalue weighted by Crippen LogP contribution is 2.37. The van der Waals surface area contributed by atoms with E-state index in [4.69, 9.17) is 5.73 Å². The van der Waals surface area contributed by atoms with Gasteiger partial charge < -0.3 is 5.73 Å². The Hall–Kier alpha value is -2.24. The number of benzene rings is 1. The van der Waals surface area contributed by atoms with Gasteiger partial charge in [0.2, 0.25) is 10.0 Å². The summed E-state index contributed by atoms with van der Waals surface area (Å²) >= 11 is 4.94. The molecule has 0 atom stereocenters. The first-order valence-corrected chi connectivity index (χ1v) is 12.2. The molecule has 0 saturated carbocycles. The number of rotatable bonds is 5. The number of nitrogens with zero attached hydrogens (tertiary/aromatic N) is 3. The second-order valence-corrected chi connectivity index (χ2v) is 11.8. The Balaban J connectivity index is 1.94. The number of anilines is 2. The maximum absolute atomic E-state index is 12.3. The lowest BCUT2D eigenvalue weighted by molar-refractivity contribution is 0.254. The zero-order valence-electron chi connectivity index (χ0n) is 16.9. The Morgan fingerprint density at radius 2 is 1.97 bits per heavy atom. The van der Waals surface area contributed by atoms with Gasteiger partial charge in [-0.2, -0.15) is 0 Å². The molecule has 2 amide bonds. The molecule has 8 nitrogen and oxygen atoms in total. The zero-order valence-corrected chi connectivity index (χ0v) is 20.2. The van der Waals surface area contributed by atoms with Gasteiger partial charge in [-0.3, -0.25) is 9.62 Å². The Morgan fingerprint density at radius 1 is 1.27 bits per heavy atom. The number of nitrogens with one attached hydrogen (secondary N) is 1. The molecule has 0 radical (unpaired) electrons. The predicted octanol–water partition coefficient (Wildman–Crippen LogP) is 4.57. The van der Waals surface area contributed by atoms with Crippen LogP contribution in [0.3, 0.4) is 0 Å². The van der Waals surface area contributed by atoms with Crippen LogP contribution in [0.4, 0.5) is 15.7 Å². The number of pyridine rings is 1. The van der Waals surface area contributed by atoms with Crippen molar-refractivity contribution in [1.82, 2.24) is 9.97 Å². The third-order valence-corrected chi connectivity index (χ3v) is 8.49. The summed E-state index contributed by atoms with van der Waals surface area (Å²) in [6.45, 7) is 7.12. The molecule has 3 rings (SSSR count). The first kappa shape index (κ1) is 22.4. The van der Waals surface area contributed by atoms with Crippen LogP contribution in [0.1, 0.15) is 27.7 Å². The fourth-order valence-corrected chi connectivity index (χ4v) is 4.98. The van der Waals surface area contributed by atoms with Gasteiger partial charge in [0.1, 0.15) is 5.82 Å². The zero-order chi connectivity index (χ0) is 22.3. The van der Waals surface area contributed by atoms with E-state index in [1.54, 1.807) is 39.1 Å². The van der Waals surface area contributed by atoms with E-state index in [0.29, 0.717) is 11.7 Å². The Labute approximate surface area is 187 Å². The number of sulfonamides is 1. The Kier molecular flexibility index (Phi) is 6.08. The SMILES string of the molecule is CCN(C(N)=O)c1nc2cc(-c3ccc(NS(=O)(=O)C(C)(C)C)nc3)cc(Br)c2s1. The summed E-state index contributed by atoms with van der Waals surface area (Å²) in [5.41, 5.74) is 7.80. The van der Waals surface area contributed by atoms with E-state index in [2.05, 4.69) is 30.6 Å². The van der Waals surface area contributed by atoms with Crippen molar-refractivity contribution in [3.8, 4) is 11.1 Å². The third-order valence-electron chi connectivity index (χ3n) is 4.39. The van der Waals surface area contributed by atoms with Gasteiger partial charge >= 0.3 is 6.03 Å². The first-order valence-electron chi connectivity index (χ1n) is 9.09. The molecule has 1 aromatic carbocycles. The number of carbonyl (C=O) groups excluding carboxylic acids is 1. The van der Waals surface area contributed by atoms with E-state index in [0.717, 1.165) is 25.8 Å². The Morgan fingerprint density at radius 3 is 2.50 bits per heavy atom. The summed E-state index contributed by atoms with van der Waals surface area (Å²) in [7, 11) is -3.55. The van der Waals surface area contributed by atoms with Crippen LogP contribution >= 0.6 is 27.3 Å². The van der Waals surface area contributed by atoms with E-state index < -0.39 is 20.8 Å². The number of hydrogen-bond acceptors (Lipinski definition) is 6. The molecule has 0 spiro atoms. The minimum Gasteiger partial charge on any atom is -0.351 e. The van der Waals surface area contributed by atoms with Gasteiger partial charge in [-0.1, -0.05) is 11.3 Å². The molecule has 0 aliphatic carbocycles. The lowest BCUT2D eigenvalue weighted by Gasteiger charge is -2.19. The second-order valence-electron chi connectivity index (χ2n) is 7.54. The largest absolute Gasteiger partial charge is 0.351 e. The van der Waals surface area contributed by atoms with Crippen LogP contribution in [0.5, 0.6) is 0 Å². The van der Waals surface area contributed by atoms with Gasteiger partial charge in [-0.25, -0.2) is 23.2 Å². The van der Waals surface area contributed by atoms with Crippen LogP contribution in [0, 0.1) is 0 Å². The quantitative estimate of drug-likeness (QED) is 0.520. The van der Waals surface area contributed by atoms with Crippen molar-refractivity contribution in [2.75, 3.05) is 16.2 Å². The van der Waals surface area contributed by atoms with Crippen LogP contribution in [0.2, 0.25) is 0 Å². The number of thiazole rings is 1. The van der Waals surface area contributed by atoms with E-state index >= 15 is 0 Å². The van der Waals surface area contributed by atoms with Crippen molar-refractivity contribution in [1.29, 1.82) is 0 Å². The third kappa shape index (κ3) is 4.42. The van der Waals surface area contributed by atoms with Crippen LogP contribution in [0.15, 0.2) is 34.9 Å². The van der Waals surface area contributed by atoms with Crippen LogP contribution in [0.25, 0.3) is 21.3 Å². The lowest BCUT2D eigenvalue weighted by atomic mass is 10.1. The predicted molar refractivity (Wildman–Crippen MR) is 125 cm³/mol. The van der Waals surface area contributed by atoms with Crippen molar-refractivity contribution in [3.63, 3.8) is 0 Å². The molecular formula is C19H22BrN5O3S2. The minimum atomic E-state index is -3.55. The number of nitrogens with two attached hydrogens (primary N) is 1. The second kappa shape index (κ2) is 8.12. The summed E-state index contributed by atoms with van der Waals surface area (Å²) < 4.78 is 27.9. The lowest BCUT2D eigenvalue weighted by Crippen LogP contribution is -2.35. The molecule has 3 aromatic rings. The molecule has 2 aromatic heterocycles. The van der Waals surface area contributed by atoms with Crippen molar-refractivity contribution in [2.45, 2.75) is 32.4 Å². The maximum atomic E-state index is 12.3. The fourth-order valence-electron chi connectivity index (χ4n) is 2.56. The molecule has 160 valence electrons. The maximum Gasteiger partial charge on any atom is 0.321 e. The molecule has 2 heterocycles. The minimum absolute atomic E-state index is 0.254. The van der Waals surface area contributed by atoms with Gasteiger partial charge in [-0.05, 0) is 73.5 Å². The fraction of sp³-hybridized carbons (Fsp3) is 0.316. The molecule has 0 fully saturated rings. The molecular weight excluding hydrogens is 490 g/mol. The smallest absolute Gasteiger partial charge is 0.321 e. The number of fused-ring (bicyclic) bond motifs is 1. The molecule has 0 aliphatic rings. The van der Waals surface area contributed by atoms with Crippen LogP contribution in [-0.4, -0.2) is 35.7 Å². The van der Waals surface area contributed by atoms with Crippen LogP contribution < -0.4 is 15.4 Å². The molecule has 0 aliphatic heterocycles.